The number of ether oxygens (including phenoxy) is 1. The normalized spacial score (nSPS) is 18.7. The van der Waals surface area contributed by atoms with E-state index >= 15 is 0 Å². The van der Waals surface area contributed by atoms with Crippen molar-refractivity contribution in [3.63, 3.8) is 0 Å². The second-order valence-electron chi connectivity index (χ2n) is 8.00. The monoisotopic (exact) mass is 389 g/mol. The summed E-state index contributed by atoms with van der Waals surface area (Å²) < 4.78 is 8.54. The van der Waals surface area contributed by atoms with Gasteiger partial charge in [-0.1, -0.05) is 30.3 Å². The molecule has 0 bridgehead atoms. The highest BCUT2D eigenvalue weighted by Gasteiger charge is 2.42. The van der Waals surface area contributed by atoms with E-state index in [0.29, 0.717) is 0 Å². The molecule has 0 radical (unpaired) electrons. The molecule has 2 aromatic heterocycles. The molecule has 0 atom stereocenters. The Morgan fingerprint density at radius 1 is 1.10 bits per heavy atom. The van der Waals surface area contributed by atoms with E-state index in [1.54, 1.807) is 0 Å². The van der Waals surface area contributed by atoms with Crippen molar-refractivity contribution in [2.75, 3.05) is 19.7 Å². The SMILES string of the molecule is CCn1cnc(CN2CCC3(CC2)OCCc2cnc(-c4ccccc4)nc23)c1. The molecule has 150 valence electrons. The van der Waals surface area contributed by atoms with Crippen molar-refractivity contribution in [1.29, 1.82) is 0 Å². The Labute approximate surface area is 171 Å². The van der Waals surface area contributed by atoms with Gasteiger partial charge >= 0.3 is 0 Å². The summed E-state index contributed by atoms with van der Waals surface area (Å²) in [6, 6.07) is 10.2. The van der Waals surface area contributed by atoms with Crippen LogP contribution in [0.4, 0.5) is 0 Å². The highest BCUT2D eigenvalue weighted by molar-refractivity contribution is 5.55. The number of benzene rings is 1. The third-order valence-electron chi connectivity index (χ3n) is 6.18. The van der Waals surface area contributed by atoms with E-state index in [9.17, 15) is 0 Å². The van der Waals surface area contributed by atoms with Gasteiger partial charge in [-0.3, -0.25) is 4.90 Å². The summed E-state index contributed by atoms with van der Waals surface area (Å²) in [5.41, 5.74) is 4.26. The van der Waals surface area contributed by atoms with Gasteiger partial charge in [0.25, 0.3) is 0 Å². The van der Waals surface area contributed by atoms with Crippen molar-refractivity contribution >= 4 is 0 Å². The summed E-state index contributed by atoms with van der Waals surface area (Å²) in [6.07, 6.45) is 8.89. The second kappa shape index (κ2) is 7.69. The fourth-order valence-corrected chi connectivity index (χ4v) is 4.48. The Morgan fingerprint density at radius 3 is 2.69 bits per heavy atom. The molecule has 2 aliphatic rings. The molecule has 0 amide bonds. The molecule has 0 saturated carbocycles. The van der Waals surface area contributed by atoms with Crippen LogP contribution >= 0.6 is 0 Å². The van der Waals surface area contributed by atoms with Gasteiger partial charge in [0, 0.05) is 44.1 Å². The van der Waals surface area contributed by atoms with E-state index in [2.05, 4.69) is 44.7 Å². The summed E-state index contributed by atoms with van der Waals surface area (Å²) in [6.45, 7) is 6.73. The smallest absolute Gasteiger partial charge is 0.159 e. The number of hydrogen-bond acceptors (Lipinski definition) is 5. The highest BCUT2D eigenvalue weighted by atomic mass is 16.5. The molecule has 1 spiro atoms. The van der Waals surface area contributed by atoms with Crippen molar-refractivity contribution in [1.82, 2.24) is 24.4 Å². The van der Waals surface area contributed by atoms with Crippen LogP contribution in [0.3, 0.4) is 0 Å². The average Bonchev–Trinajstić information content (AvgIpc) is 3.24. The molecule has 5 rings (SSSR count). The van der Waals surface area contributed by atoms with Gasteiger partial charge in [0.15, 0.2) is 5.82 Å². The van der Waals surface area contributed by atoms with Gasteiger partial charge < -0.3 is 9.30 Å². The third-order valence-corrected chi connectivity index (χ3v) is 6.18. The Balaban J connectivity index is 1.36. The number of hydrogen-bond donors (Lipinski definition) is 0. The topological polar surface area (TPSA) is 56.1 Å². The van der Waals surface area contributed by atoms with Gasteiger partial charge in [0.2, 0.25) is 0 Å². The van der Waals surface area contributed by atoms with Crippen molar-refractivity contribution in [2.45, 2.75) is 44.9 Å². The maximum Gasteiger partial charge on any atom is 0.159 e. The number of nitrogens with zero attached hydrogens (tertiary/aromatic N) is 5. The molecule has 3 aromatic rings. The van der Waals surface area contributed by atoms with Gasteiger partial charge in [-0.15, -0.1) is 0 Å². The van der Waals surface area contributed by atoms with Crippen LogP contribution in [0.5, 0.6) is 0 Å². The standard InChI is InChI=1S/C23H27N5O/c1-2-27-15-20(25-17-27)16-28-11-9-23(10-12-28)21-19(8-13-29-23)14-24-22(26-21)18-6-4-3-5-7-18/h3-7,14-15,17H,2,8-13,16H2,1H3. The lowest BCUT2D eigenvalue weighted by Gasteiger charge is -2.44. The summed E-state index contributed by atoms with van der Waals surface area (Å²) in [4.78, 5) is 16.7. The predicted molar refractivity (Wildman–Crippen MR) is 111 cm³/mol. The summed E-state index contributed by atoms with van der Waals surface area (Å²) in [5, 5.41) is 0. The first-order valence-electron chi connectivity index (χ1n) is 10.5. The van der Waals surface area contributed by atoms with E-state index in [1.165, 1.54) is 5.56 Å². The third kappa shape index (κ3) is 3.58. The van der Waals surface area contributed by atoms with Gasteiger partial charge in [0.05, 0.1) is 24.3 Å². The maximum atomic E-state index is 6.41. The molecule has 4 heterocycles. The van der Waals surface area contributed by atoms with E-state index in [1.807, 2.05) is 30.7 Å². The van der Waals surface area contributed by atoms with Gasteiger partial charge in [0.1, 0.15) is 5.60 Å². The zero-order valence-corrected chi connectivity index (χ0v) is 16.9. The Hall–Kier alpha value is -2.57. The van der Waals surface area contributed by atoms with Crippen LogP contribution in [0.25, 0.3) is 11.4 Å². The molecule has 6 nitrogen and oxygen atoms in total. The molecule has 0 aliphatic carbocycles. The first-order valence-corrected chi connectivity index (χ1v) is 10.5. The van der Waals surface area contributed by atoms with Crippen LogP contribution in [0.1, 0.15) is 36.7 Å². The molecule has 6 heteroatoms. The predicted octanol–water partition coefficient (Wildman–Crippen LogP) is 3.42. The lowest BCUT2D eigenvalue weighted by Crippen LogP contribution is -2.47. The van der Waals surface area contributed by atoms with E-state index in [4.69, 9.17) is 9.72 Å². The molecular weight excluding hydrogens is 362 g/mol. The Kier molecular flexibility index (Phi) is 4.89. The van der Waals surface area contributed by atoms with Crippen LogP contribution in [-0.2, 0) is 29.8 Å². The average molecular weight is 390 g/mol. The molecular formula is C23H27N5O. The second-order valence-corrected chi connectivity index (χ2v) is 8.00. The molecule has 29 heavy (non-hydrogen) atoms. The lowest BCUT2D eigenvalue weighted by molar-refractivity contribution is -0.102. The fourth-order valence-electron chi connectivity index (χ4n) is 4.48. The van der Waals surface area contributed by atoms with Crippen molar-refractivity contribution < 1.29 is 4.74 Å². The van der Waals surface area contributed by atoms with Crippen molar-refractivity contribution in [3.05, 3.63) is 66.0 Å². The Morgan fingerprint density at radius 2 is 1.93 bits per heavy atom. The van der Waals surface area contributed by atoms with Crippen LogP contribution < -0.4 is 0 Å². The fraction of sp³-hybridized carbons (Fsp3) is 0.435. The van der Waals surface area contributed by atoms with E-state index < -0.39 is 0 Å². The molecule has 0 unspecified atom stereocenters. The number of piperidine rings is 1. The Bertz CT molecular complexity index is 976. The number of aromatic nitrogens is 4. The summed E-state index contributed by atoms with van der Waals surface area (Å²) in [5.74, 6) is 0.793. The quantitative estimate of drug-likeness (QED) is 0.684. The van der Waals surface area contributed by atoms with Gasteiger partial charge in [-0.2, -0.15) is 0 Å². The number of likely N-dealkylation sites (tertiary alicyclic amines) is 1. The van der Waals surface area contributed by atoms with E-state index in [-0.39, 0.29) is 5.60 Å². The lowest BCUT2D eigenvalue weighted by atomic mass is 9.83. The summed E-state index contributed by atoms with van der Waals surface area (Å²) in [7, 11) is 0. The van der Waals surface area contributed by atoms with Crippen molar-refractivity contribution in [2.24, 2.45) is 0 Å². The maximum absolute atomic E-state index is 6.41. The zero-order valence-electron chi connectivity index (χ0n) is 16.9. The number of aryl methyl sites for hydroxylation is 1. The summed E-state index contributed by atoms with van der Waals surface area (Å²) >= 11 is 0. The molecule has 2 aliphatic heterocycles. The molecule has 1 aromatic carbocycles. The van der Waals surface area contributed by atoms with E-state index in [0.717, 1.165) is 74.8 Å². The molecule has 0 N–H and O–H groups in total. The van der Waals surface area contributed by atoms with Crippen LogP contribution in [-0.4, -0.2) is 44.1 Å². The first kappa shape index (κ1) is 18.5. The van der Waals surface area contributed by atoms with Crippen LogP contribution in [0.15, 0.2) is 49.1 Å². The minimum Gasteiger partial charge on any atom is -0.368 e. The number of rotatable bonds is 4. The van der Waals surface area contributed by atoms with Crippen molar-refractivity contribution in [3.8, 4) is 11.4 Å². The first-order chi connectivity index (χ1) is 14.3. The number of imidazole rings is 1. The zero-order chi connectivity index (χ0) is 19.7. The molecule has 1 saturated heterocycles. The minimum atomic E-state index is -0.278. The number of fused-ring (bicyclic) bond motifs is 2. The van der Waals surface area contributed by atoms with Gasteiger partial charge in [-0.25, -0.2) is 15.0 Å². The van der Waals surface area contributed by atoms with Crippen LogP contribution in [0.2, 0.25) is 0 Å². The highest BCUT2D eigenvalue weighted by Crippen LogP contribution is 2.41. The largest absolute Gasteiger partial charge is 0.368 e. The van der Waals surface area contributed by atoms with Gasteiger partial charge in [-0.05, 0) is 31.7 Å². The molecule has 1 fully saturated rings. The minimum absolute atomic E-state index is 0.278. The van der Waals surface area contributed by atoms with Crippen LogP contribution in [0, 0.1) is 0 Å².